The average molecular weight is 379 g/mol. The number of hydrogen-bond donors (Lipinski definition) is 2. The molecule has 0 saturated heterocycles. The zero-order valence-corrected chi connectivity index (χ0v) is 14.8. The highest BCUT2D eigenvalue weighted by atomic mass is 35.5. The summed E-state index contributed by atoms with van der Waals surface area (Å²) in [4.78, 5) is 36.3. The molecule has 0 radical (unpaired) electrons. The molecule has 6 nitrogen and oxygen atoms in total. The minimum atomic E-state index is -0.717. The second kappa shape index (κ2) is 9.10. The van der Waals surface area contributed by atoms with Crippen LogP contribution in [0.1, 0.15) is 20.7 Å². The van der Waals surface area contributed by atoms with Crippen LogP contribution in [0.2, 0.25) is 5.02 Å². The largest absolute Gasteiger partial charge is 0.452 e. The van der Waals surface area contributed by atoms with Gasteiger partial charge in [0.05, 0.1) is 10.6 Å². The molecule has 2 N–H and O–H groups in total. The van der Waals surface area contributed by atoms with Gasteiger partial charge in [0.25, 0.3) is 11.8 Å². The molecule has 0 heterocycles. The van der Waals surface area contributed by atoms with Gasteiger partial charge in [-0.25, -0.2) is 4.79 Å². The van der Waals surface area contributed by atoms with E-state index < -0.39 is 24.4 Å². The maximum absolute atomic E-state index is 12.0. The van der Waals surface area contributed by atoms with Gasteiger partial charge in [-0.3, -0.25) is 20.4 Å². The minimum Gasteiger partial charge on any atom is -0.452 e. The molecule has 2 rings (SSSR count). The number of amides is 2. The maximum Gasteiger partial charge on any atom is 0.340 e. The van der Waals surface area contributed by atoms with E-state index in [0.717, 1.165) is 4.90 Å². The molecule has 0 aliphatic heterocycles. The van der Waals surface area contributed by atoms with Crippen molar-refractivity contribution in [2.75, 3.05) is 12.9 Å². The number of benzene rings is 2. The molecule has 0 bridgehead atoms. The van der Waals surface area contributed by atoms with E-state index in [1.807, 2.05) is 6.26 Å². The van der Waals surface area contributed by atoms with Gasteiger partial charge in [-0.2, -0.15) is 0 Å². The molecule has 8 heteroatoms. The molecule has 0 spiro atoms. The van der Waals surface area contributed by atoms with Gasteiger partial charge in [0.2, 0.25) is 0 Å². The number of nitrogens with one attached hydrogen (secondary N) is 2. The van der Waals surface area contributed by atoms with E-state index >= 15 is 0 Å². The first kappa shape index (κ1) is 18.8. The molecular weight excluding hydrogens is 364 g/mol. The van der Waals surface area contributed by atoms with Crippen molar-refractivity contribution >= 4 is 41.1 Å². The van der Waals surface area contributed by atoms with Crippen molar-refractivity contribution < 1.29 is 19.1 Å². The molecule has 25 heavy (non-hydrogen) atoms. The van der Waals surface area contributed by atoms with Crippen molar-refractivity contribution in [3.05, 3.63) is 64.7 Å². The Hall–Kier alpha value is -2.51. The summed E-state index contributed by atoms with van der Waals surface area (Å²) >= 11 is 7.42. The predicted molar refractivity (Wildman–Crippen MR) is 95.6 cm³/mol. The van der Waals surface area contributed by atoms with E-state index in [-0.39, 0.29) is 10.6 Å². The Morgan fingerprint density at radius 2 is 1.80 bits per heavy atom. The monoisotopic (exact) mass is 378 g/mol. The Morgan fingerprint density at radius 1 is 1.08 bits per heavy atom. The molecule has 0 aliphatic rings. The van der Waals surface area contributed by atoms with Gasteiger partial charge in [-0.1, -0.05) is 29.8 Å². The van der Waals surface area contributed by atoms with Crippen molar-refractivity contribution in [2.45, 2.75) is 4.90 Å². The number of hydrogen-bond acceptors (Lipinski definition) is 5. The van der Waals surface area contributed by atoms with Crippen LogP contribution in [0, 0.1) is 0 Å². The Balaban J connectivity index is 1.83. The predicted octanol–water partition coefficient (Wildman–Crippen LogP) is 2.68. The van der Waals surface area contributed by atoms with Crippen LogP contribution in [0.25, 0.3) is 0 Å². The zero-order valence-electron chi connectivity index (χ0n) is 13.2. The standard InChI is InChI=1S/C17H15ClN2O4S/c1-25-12-7-8-14(18)13(9-12)17(23)24-10-15(21)19-20-16(22)11-5-3-2-4-6-11/h2-9H,10H2,1H3,(H,19,21)(H,20,22). The van der Waals surface area contributed by atoms with Gasteiger partial charge in [-0.15, -0.1) is 11.8 Å². The lowest BCUT2D eigenvalue weighted by molar-refractivity contribution is -0.125. The number of thioether (sulfide) groups is 1. The van der Waals surface area contributed by atoms with Gasteiger partial charge >= 0.3 is 5.97 Å². The Bertz CT molecular complexity index is 783. The van der Waals surface area contributed by atoms with Crippen molar-refractivity contribution in [3.63, 3.8) is 0 Å². The van der Waals surface area contributed by atoms with E-state index in [9.17, 15) is 14.4 Å². The average Bonchev–Trinajstić information content (AvgIpc) is 2.65. The van der Waals surface area contributed by atoms with E-state index in [2.05, 4.69) is 10.9 Å². The SMILES string of the molecule is CSc1ccc(Cl)c(C(=O)OCC(=O)NNC(=O)c2ccccc2)c1. The summed E-state index contributed by atoms with van der Waals surface area (Å²) in [5.41, 5.74) is 4.97. The number of rotatable bonds is 5. The Kier molecular flexibility index (Phi) is 6.85. The number of carbonyl (C=O) groups excluding carboxylic acids is 3. The second-order valence-corrected chi connectivity index (χ2v) is 6.08. The third-order valence-corrected chi connectivity index (χ3v) is 4.13. The first-order valence-electron chi connectivity index (χ1n) is 7.16. The molecule has 0 atom stereocenters. The molecule has 2 amide bonds. The van der Waals surface area contributed by atoms with Crippen molar-refractivity contribution in [2.24, 2.45) is 0 Å². The lowest BCUT2D eigenvalue weighted by Crippen LogP contribution is -2.43. The molecule has 2 aromatic carbocycles. The lowest BCUT2D eigenvalue weighted by Gasteiger charge is -2.09. The molecule has 130 valence electrons. The van der Waals surface area contributed by atoms with E-state index in [1.54, 1.807) is 48.5 Å². The van der Waals surface area contributed by atoms with Gasteiger partial charge in [0, 0.05) is 10.5 Å². The van der Waals surface area contributed by atoms with Crippen molar-refractivity contribution in [1.82, 2.24) is 10.9 Å². The number of hydrazine groups is 1. The first-order chi connectivity index (χ1) is 12.0. The quantitative estimate of drug-likeness (QED) is 0.474. The highest BCUT2D eigenvalue weighted by Gasteiger charge is 2.15. The summed E-state index contributed by atoms with van der Waals surface area (Å²) in [5.74, 6) is -1.86. The number of halogens is 1. The summed E-state index contributed by atoms with van der Waals surface area (Å²) in [6.45, 7) is -0.548. The van der Waals surface area contributed by atoms with E-state index in [1.165, 1.54) is 11.8 Å². The fraction of sp³-hybridized carbons (Fsp3) is 0.118. The molecule has 2 aromatic rings. The summed E-state index contributed by atoms with van der Waals surface area (Å²) in [7, 11) is 0. The zero-order chi connectivity index (χ0) is 18.2. The summed E-state index contributed by atoms with van der Waals surface area (Å²) in [6, 6.07) is 13.3. The van der Waals surface area contributed by atoms with Crippen LogP contribution in [-0.4, -0.2) is 30.6 Å². The number of ether oxygens (including phenoxy) is 1. The molecule has 0 fully saturated rings. The maximum atomic E-state index is 12.0. The van der Waals surface area contributed by atoms with Crippen molar-refractivity contribution in [1.29, 1.82) is 0 Å². The summed E-state index contributed by atoms with van der Waals surface area (Å²) in [6.07, 6.45) is 1.86. The molecule has 0 aromatic heterocycles. The lowest BCUT2D eigenvalue weighted by atomic mass is 10.2. The van der Waals surface area contributed by atoms with Gasteiger partial charge in [0.1, 0.15) is 0 Å². The number of carbonyl (C=O) groups is 3. The van der Waals surface area contributed by atoms with Crippen molar-refractivity contribution in [3.8, 4) is 0 Å². The number of esters is 1. The third-order valence-electron chi connectivity index (χ3n) is 3.08. The van der Waals surface area contributed by atoms with Gasteiger partial charge < -0.3 is 4.74 Å². The minimum absolute atomic E-state index is 0.176. The van der Waals surface area contributed by atoms with Crippen LogP contribution < -0.4 is 10.9 Å². The molecular formula is C17H15ClN2O4S. The molecule has 0 unspecified atom stereocenters. The first-order valence-corrected chi connectivity index (χ1v) is 8.76. The molecule has 0 saturated carbocycles. The summed E-state index contributed by atoms with van der Waals surface area (Å²) in [5, 5.41) is 0.237. The fourth-order valence-corrected chi connectivity index (χ4v) is 2.46. The van der Waals surface area contributed by atoms with Crippen LogP contribution in [-0.2, 0) is 9.53 Å². The van der Waals surface area contributed by atoms with Gasteiger partial charge in [-0.05, 0) is 36.6 Å². The van der Waals surface area contributed by atoms with E-state index in [4.69, 9.17) is 16.3 Å². The normalized spacial score (nSPS) is 10.0. The highest BCUT2D eigenvalue weighted by Crippen LogP contribution is 2.23. The van der Waals surface area contributed by atoms with Crippen LogP contribution in [0.15, 0.2) is 53.4 Å². The van der Waals surface area contributed by atoms with E-state index in [0.29, 0.717) is 5.56 Å². The van der Waals surface area contributed by atoms with Crippen LogP contribution >= 0.6 is 23.4 Å². The van der Waals surface area contributed by atoms with Crippen LogP contribution in [0.3, 0.4) is 0 Å². The fourth-order valence-electron chi connectivity index (χ4n) is 1.82. The Morgan fingerprint density at radius 3 is 2.48 bits per heavy atom. The summed E-state index contributed by atoms with van der Waals surface area (Å²) < 4.78 is 4.91. The van der Waals surface area contributed by atoms with Crippen LogP contribution in [0.5, 0.6) is 0 Å². The molecule has 0 aliphatic carbocycles. The Labute approximate surface area is 153 Å². The van der Waals surface area contributed by atoms with Gasteiger partial charge in [0.15, 0.2) is 6.61 Å². The second-order valence-electron chi connectivity index (χ2n) is 4.79. The highest BCUT2D eigenvalue weighted by molar-refractivity contribution is 7.98. The topological polar surface area (TPSA) is 84.5 Å². The van der Waals surface area contributed by atoms with Crippen LogP contribution in [0.4, 0.5) is 0 Å². The third kappa shape index (κ3) is 5.51. The smallest absolute Gasteiger partial charge is 0.340 e.